The number of phenols is 9. The topological polar surface area (TPSA) is 322 Å². The lowest BCUT2D eigenvalue weighted by Crippen LogP contribution is -2.53. The number of aromatic hydroxyl groups is 9. The second-order valence-electron chi connectivity index (χ2n) is 9.93. The number of rotatable bonds is 5. The normalized spacial score (nSPS) is 20.0. The van der Waals surface area contributed by atoms with Crippen molar-refractivity contribution in [3.8, 4) is 62.9 Å². The Bertz CT molecular complexity index is 1760. The maximum Gasteiger partial charge on any atom is 0.339 e. The van der Waals surface area contributed by atoms with Gasteiger partial charge in [0.1, 0.15) is 24.9 Å². The van der Waals surface area contributed by atoms with E-state index in [1.54, 1.807) is 0 Å². The number of aliphatic hydroxyl groups excluding tert-OH is 3. The summed E-state index contributed by atoms with van der Waals surface area (Å²) in [6.07, 6.45) is -11.4. The van der Waals surface area contributed by atoms with Crippen LogP contribution in [-0.2, 0) is 14.2 Å². The molecule has 0 fully saturated rings. The van der Waals surface area contributed by atoms with Crippen LogP contribution < -0.4 is 0 Å². The molecule has 45 heavy (non-hydrogen) atoms. The molecule has 3 heterocycles. The average molecular weight is 634 g/mol. The molecule has 0 unspecified atom stereocenters. The van der Waals surface area contributed by atoms with Crippen LogP contribution >= 0.6 is 0 Å². The molecule has 0 amide bonds. The lowest BCUT2D eigenvalue weighted by atomic mass is 9.82. The van der Waals surface area contributed by atoms with Gasteiger partial charge in [-0.25, -0.2) is 14.4 Å². The van der Waals surface area contributed by atoms with Gasteiger partial charge in [0, 0.05) is 16.7 Å². The van der Waals surface area contributed by atoms with Crippen LogP contribution in [0.3, 0.4) is 0 Å². The monoisotopic (exact) mass is 634 g/mol. The third-order valence-electron chi connectivity index (χ3n) is 7.23. The molecule has 0 saturated heterocycles. The molecular formula is C27H22O18. The highest BCUT2D eigenvalue weighted by Gasteiger charge is 2.51. The largest absolute Gasteiger partial charge is 0.504 e. The zero-order valence-corrected chi connectivity index (χ0v) is 22.1. The van der Waals surface area contributed by atoms with E-state index in [2.05, 4.69) is 0 Å². The van der Waals surface area contributed by atoms with Gasteiger partial charge in [-0.2, -0.15) is 0 Å². The third kappa shape index (κ3) is 4.69. The number of hydrogen-bond donors (Lipinski definition) is 12. The number of ether oxygens (including phenoxy) is 3. The van der Waals surface area contributed by atoms with E-state index in [4.69, 9.17) is 14.2 Å². The Balaban J connectivity index is 1.59. The number of fused-ring (bicyclic) bond motifs is 3. The Kier molecular flexibility index (Phi) is 7.28. The second-order valence-corrected chi connectivity index (χ2v) is 9.93. The smallest absolute Gasteiger partial charge is 0.339 e. The molecule has 5 atom stereocenters. The lowest BCUT2D eigenvalue weighted by Gasteiger charge is -2.39. The van der Waals surface area contributed by atoms with Gasteiger partial charge in [-0.15, -0.1) is 0 Å². The quantitative estimate of drug-likeness (QED) is 0.0946. The van der Waals surface area contributed by atoms with Gasteiger partial charge >= 0.3 is 17.9 Å². The summed E-state index contributed by atoms with van der Waals surface area (Å²) in [5.41, 5.74) is -5.07. The molecule has 0 radical (unpaired) electrons. The number of esters is 3. The second kappa shape index (κ2) is 10.7. The lowest BCUT2D eigenvalue weighted by molar-refractivity contribution is -0.151. The molecule has 3 aromatic rings. The first-order chi connectivity index (χ1) is 21.1. The van der Waals surface area contributed by atoms with Crippen molar-refractivity contribution in [2.75, 3.05) is 6.61 Å². The molecule has 18 nitrogen and oxygen atoms in total. The van der Waals surface area contributed by atoms with Crippen molar-refractivity contribution < 1.29 is 89.9 Å². The van der Waals surface area contributed by atoms with Crippen molar-refractivity contribution in [2.24, 2.45) is 0 Å². The van der Waals surface area contributed by atoms with Crippen LogP contribution in [0.25, 0.3) is 11.1 Å². The van der Waals surface area contributed by atoms with Gasteiger partial charge in [0.2, 0.25) is 11.5 Å². The van der Waals surface area contributed by atoms with Gasteiger partial charge in [-0.05, 0) is 18.2 Å². The van der Waals surface area contributed by atoms with Crippen LogP contribution in [0.15, 0.2) is 18.2 Å². The summed E-state index contributed by atoms with van der Waals surface area (Å²) in [5, 5.41) is 124. The van der Waals surface area contributed by atoms with E-state index >= 15 is 0 Å². The minimum absolute atomic E-state index is 0.517. The highest BCUT2D eigenvalue weighted by molar-refractivity contribution is 6.10. The number of benzene rings is 3. The molecule has 0 aromatic heterocycles. The van der Waals surface area contributed by atoms with Gasteiger partial charge in [0.05, 0.1) is 16.7 Å². The Morgan fingerprint density at radius 3 is 1.91 bits per heavy atom. The number of aliphatic hydroxyl groups is 3. The zero-order chi connectivity index (χ0) is 33.2. The molecule has 12 N–H and O–H groups in total. The van der Waals surface area contributed by atoms with Crippen molar-refractivity contribution in [1.82, 2.24) is 0 Å². The molecule has 0 aliphatic carbocycles. The van der Waals surface area contributed by atoms with Crippen molar-refractivity contribution in [3.63, 3.8) is 0 Å². The molecule has 4 bridgehead atoms. The fourth-order valence-corrected chi connectivity index (χ4v) is 4.99. The fraction of sp³-hybridized carbons (Fsp3) is 0.222. The van der Waals surface area contributed by atoms with E-state index in [1.165, 1.54) is 0 Å². The molecule has 18 heteroatoms. The molecule has 3 aliphatic rings. The predicted octanol–water partition coefficient (Wildman–Crippen LogP) is -0.606. The van der Waals surface area contributed by atoms with E-state index < -0.39 is 140 Å². The maximum absolute atomic E-state index is 13.4. The molecular weight excluding hydrogens is 612 g/mol. The first-order valence-electron chi connectivity index (χ1n) is 12.5. The van der Waals surface area contributed by atoms with Crippen molar-refractivity contribution in [1.29, 1.82) is 0 Å². The first kappa shape index (κ1) is 30.6. The summed E-state index contributed by atoms with van der Waals surface area (Å²) in [7, 11) is 0. The Morgan fingerprint density at radius 2 is 1.29 bits per heavy atom. The number of carbonyl (C=O) groups excluding carboxylic acids is 3. The standard InChI is InChI=1S/C27H22O18/c28-7-1-5(2-8(29)15(7)32)25(40)43-4-10(31)17(34)23-24-21(38)14-13(27(42)45-24)12(19(36)22(39)20(14)37)11-6(26(41)44-23)3-9(30)16(33)18(11)35/h1-3,10,17,21,23-24,28-39H,4H2/t10-,17-,21+,23+,24-/m1/s1. The van der Waals surface area contributed by atoms with Crippen LogP contribution in [0.2, 0.25) is 0 Å². The van der Waals surface area contributed by atoms with Gasteiger partial charge in [-0.3, -0.25) is 0 Å². The maximum atomic E-state index is 13.4. The summed E-state index contributed by atoms with van der Waals surface area (Å²) in [6.45, 7) is -1.11. The van der Waals surface area contributed by atoms with E-state index in [-0.39, 0.29) is 0 Å². The highest BCUT2D eigenvalue weighted by atomic mass is 16.6. The minimum Gasteiger partial charge on any atom is -0.504 e. The molecule has 6 rings (SSSR count). The van der Waals surface area contributed by atoms with Crippen molar-refractivity contribution >= 4 is 17.9 Å². The van der Waals surface area contributed by atoms with E-state index in [9.17, 15) is 75.7 Å². The fourth-order valence-electron chi connectivity index (χ4n) is 4.99. The van der Waals surface area contributed by atoms with Gasteiger partial charge in [0.25, 0.3) is 0 Å². The van der Waals surface area contributed by atoms with E-state index in [0.717, 1.165) is 0 Å². The summed E-state index contributed by atoms with van der Waals surface area (Å²) in [5.74, 6) is -14.8. The number of carbonyl (C=O) groups is 3. The summed E-state index contributed by atoms with van der Waals surface area (Å²) in [6, 6.07) is 1.92. The molecule has 0 spiro atoms. The van der Waals surface area contributed by atoms with Crippen LogP contribution in [0, 0.1) is 0 Å². The molecule has 238 valence electrons. The summed E-state index contributed by atoms with van der Waals surface area (Å²) < 4.78 is 15.2. The minimum atomic E-state index is -2.41. The Hall–Kier alpha value is -5.85. The van der Waals surface area contributed by atoms with Crippen molar-refractivity contribution in [3.05, 3.63) is 40.5 Å². The first-order valence-corrected chi connectivity index (χ1v) is 12.5. The van der Waals surface area contributed by atoms with Crippen LogP contribution in [0.1, 0.15) is 42.7 Å². The predicted molar refractivity (Wildman–Crippen MR) is 139 cm³/mol. The number of hydrogen-bond acceptors (Lipinski definition) is 18. The van der Waals surface area contributed by atoms with Crippen LogP contribution in [0.5, 0.6) is 51.7 Å². The van der Waals surface area contributed by atoms with Gasteiger partial charge < -0.3 is 75.5 Å². The van der Waals surface area contributed by atoms with E-state index in [0.29, 0.717) is 18.2 Å². The average Bonchev–Trinajstić information content (AvgIpc) is 2.99. The molecule has 3 aromatic carbocycles. The van der Waals surface area contributed by atoms with Crippen LogP contribution in [0.4, 0.5) is 0 Å². The third-order valence-corrected chi connectivity index (χ3v) is 7.23. The molecule has 3 aliphatic heterocycles. The molecule has 0 saturated carbocycles. The SMILES string of the molecule is O=C(OC[C@@H](O)[C@@H](O)[C@@H]1OC(=O)c2cc(O)c(O)c(O)c2-c2c(O)c(O)c(O)c3c2C(=O)O[C@@H]1[C@H]3O)c1cc(O)c(O)c(O)c1. The van der Waals surface area contributed by atoms with Gasteiger partial charge in [-0.1, -0.05) is 0 Å². The summed E-state index contributed by atoms with van der Waals surface area (Å²) in [4.78, 5) is 39.0. The highest BCUT2D eigenvalue weighted by Crippen LogP contribution is 2.57. The van der Waals surface area contributed by atoms with Gasteiger partial charge in [0.15, 0.2) is 52.5 Å². The van der Waals surface area contributed by atoms with E-state index in [1.807, 2.05) is 0 Å². The Labute approximate surface area is 248 Å². The number of phenolic OH excluding ortho intramolecular Hbond substituents is 9. The Morgan fingerprint density at radius 1 is 0.711 bits per heavy atom. The van der Waals surface area contributed by atoms with Crippen molar-refractivity contribution in [2.45, 2.75) is 30.5 Å². The summed E-state index contributed by atoms with van der Waals surface area (Å²) >= 11 is 0. The van der Waals surface area contributed by atoms with Crippen LogP contribution in [-0.4, -0.2) is 110 Å². The zero-order valence-electron chi connectivity index (χ0n) is 22.1.